The third-order valence-corrected chi connectivity index (χ3v) is 1.02. The Bertz CT molecular complexity index is 92.2. The van der Waals surface area contributed by atoms with Crippen molar-refractivity contribution in [2.24, 2.45) is 11.6 Å². The van der Waals surface area contributed by atoms with Gasteiger partial charge in [0.25, 0.3) is 0 Å². The Labute approximate surface area is 60.5 Å². The van der Waals surface area contributed by atoms with Crippen LogP contribution in [0.3, 0.4) is 0 Å². The molecular weight excluding hydrogens is 135 g/mol. The van der Waals surface area contributed by atoms with E-state index in [2.05, 4.69) is 10.7 Å². The molecule has 0 rings (SSSR count). The van der Waals surface area contributed by atoms with Gasteiger partial charge < -0.3 is 10.6 Å². The van der Waals surface area contributed by atoms with Gasteiger partial charge in [0.15, 0.2) is 0 Å². The second-order valence-corrected chi connectivity index (χ2v) is 3.12. The lowest BCUT2D eigenvalue weighted by atomic mass is 9.99. The molecule has 1 unspecified atom stereocenters. The highest BCUT2D eigenvalue weighted by Crippen LogP contribution is 2.09. The van der Waals surface area contributed by atoms with Gasteiger partial charge in [-0.3, -0.25) is 0 Å². The standard InChI is InChI=1S/C6H15FN2O/c1-6(2,8)3-5(7)4-10-9/h5H,3-4,8-9H2,1-2H3. The highest BCUT2D eigenvalue weighted by Gasteiger charge is 2.17. The quantitative estimate of drug-likeness (QED) is 0.568. The van der Waals surface area contributed by atoms with Gasteiger partial charge in [0.2, 0.25) is 0 Å². The Morgan fingerprint density at radius 2 is 2.10 bits per heavy atom. The second kappa shape index (κ2) is 3.85. The van der Waals surface area contributed by atoms with E-state index in [-0.39, 0.29) is 13.0 Å². The number of hydrogen-bond acceptors (Lipinski definition) is 3. The largest absolute Gasteiger partial charge is 0.325 e. The molecule has 0 saturated heterocycles. The van der Waals surface area contributed by atoms with Crippen LogP contribution in [-0.4, -0.2) is 18.3 Å². The van der Waals surface area contributed by atoms with Crippen molar-refractivity contribution in [1.29, 1.82) is 0 Å². The fraction of sp³-hybridized carbons (Fsp3) is 1.00. The Balaban J connectivity index is 3.47. The first-order valence-electron chi connectivity index (χ1n) is 3.20. The molecule has 0 bridgehead atoms. The molecule has 0 spiro atoms. The normalized spacial score (nSPS) is 15.3. The van der Waals surface area contributed by atoms with E-state index in [1.807, 2.05) is 0 Å². The summed E-state index contributed by atoms with van der Waals surface area (Å²) in [5.41, 5.74) is 5.04. The second-order valence-electron chi connectivity index (χ2n) is 3.12. The van der Waals surface area contributed by atoms with Gasteiger partial charge in [0, 0.05) is 5.54 Å². The molecule has 0 heterocycles. The third-order valence-electron chi connectivity index (χ3n) is 1.02. The van der Waals surface area contributed by atoms with Gasteiger partial charge in [-0.2, -0.15) is 0 Å². The zero-order valence-corrected chi connectivity index (χ0v) is 6.43. The maximum atomic E-state index is 12.6. The van der Waals surface area contributed by atoms with Gasteiger partial charge in [-0.1, -0.05) is 0 Å². The Morgan fingerprint density at radius 3 is 2.40 bits per heavy atom. The number of nitrogens with two attached hydrogens (primary N) is 2. The van der Waals surface area contributed by atoms with Crippen molar-refractivity contribution in [1.82, 2.24) is 0 Å². The molecule has 3 nitrogen and oxygen atoms in total. The van der Waals surface area contributed by atoms with Crippen LogP contribution < -0.4 is 11.6 Å². The van der Waals surface area contributed by atoms with Crippen molar-refractivity contribution in [2.45, 2.75) is 32.0 Å². The lowest BCUT2D eigenvalue weighted by Crippen LogP contribution is -2.36. The molecule has 0 aliphatic rings. The summed E-state index contributed by atoms with van der Waals surface area (Å²) in [6.45, 7) is 3.44. The summed E-state index contributed by atoms with van der Waals surface area (Å²) >= 11 is 0. The first kappa shape index (κ1) is 9.81. The van der Waals surface area contributed by atoms with Crippen LogP contribution in [0, 0.1) is 0 Å². The van der Waals surface area contributed by atoms with Crippen LogP contribution in [-0.2, 0) is 4.84 Å². The molecule has 0 fully saturated rings. The monoisotopic (exact) mass is 150 g/mol. The molecule has 62 valence electrons. The van der Waals surface area contributed by atoms with Gasteiger partial charge in [0.1, 0.15) is 6.17 Å². The lowest BCUT2D eigenvalue weighted by molar-refractivity contribution is 0.0700. The molecule has 0 aliphatic carbocycles. The average molecular weight is 150 g/mol. The molecule has 0 radical (unpaired) electrons. The number of alkyl halides is 1. The average Bonchev–Trinajstić information content (AvgIpc) is 1.59. The van der Waals surface area contributed by atoms with Gasteiger partial charge in [0.05, 0.1) is 6.61 Å². The van der Waals surface area contributed by atoms with E-state index >= 15 is 0 Å². The SMILES string of the molecule is CC(C)(N)CC(F)CON. The van der Waals surface area contributed by atoms with E-state index in [0.717, 1.165) is 0 Å². The van der Waals surface area contributed by atoms with Crippen molar-refractivity contribution in [3.63, 3.8) is 0 Å². The zero-order chi connectivity index (χ0) is 8.20. The van der Waals surface area contributed by atoms with Crippen molar-refractivity contribution >= 4 is 0 Å². The maximum absolute atomic E-state index is 12.6. The molecule has 0 aliphatic heterocycles. The van der Waals surface area contributed by atoms with E-state index < -0.39 is 11.7 Å². The van der Waals surface area contributed by atoms with Gasteiger partial charge >= 0.3 is 0 Å². The summed E-state index contributed by atoms with van der Waals surface area (Å²) < 4.78 is 12.6. The summed E-state index contributed by atoms with van der Waals surface area (Å²) in [6.07, 6.45) is -0.797. The van der Waals surface area contributed by atoms with E-state index in [9.17, 15) is 4.39 Å². The highest BCUT2D eigenvalue weighted by atomic mass is 19.1. The topological polar surface area (TPSA) is 61.3 Å². The van der Waals surface area contributed by atoms with Crippen molar-refractivity contribution in [3.8, 4) is 0 Å². The van der Waals surface area contributed by atoms with Crippen LogP contribution >= 0.6 is 0 Å². The van der Waals surface area contributed by atoms with Gasteiger partial charge in [-0.05, 0) is 20.3 Å². The predicted octanol–water partition coefficient (Wildman–Crippen LogP) is 0.342. The fourth-order valence-electron chi connectivity index (χ4n) is 0.734. The molecule has 0 aromatic heterocycles. The molecule has 0 aromatic carbocycles. The van der Waals surface area contributed by atoms with Crippen LogP contribution in [0.25, 0.3) is 0 Å². The number of hydrogen-bond donors (Lipinski definition) is 2. The van der Waals surface area contributed by atoms with E-state index in [1.54, 1.807) is 13.8 Å². The minimum atomic E-state index is -1.06. The van der Waals surface area contributed by atoms with Gasteiger partial charge in [-0.15, -0.1) is 0 Å². The molecule has 4 N–H and O–H groups in total. The Kier molecular flexibility index (Phi) is 3.78. The third kappa shape index (κ3) is 5.94. The van der Waals surface area contributed by atoms with Crippen LogP contribution in [0.15, 0.2) is 0 Å². The molecule has 0 saturated carbocycles. The molecule has 0 amide bonds. The number of rotatable bonds is 4. The van der Waals surface area contributed by atoms with Crippen LogP contribution in [0.1, 0.15) is 20.3 Å². The summed E-state index contributed by atoms with van der Waals surface area (Å²) in [6, 6.07) is 0. The first-order chi connectivity index (χ1) is 4.45. The summed E-state index contributed by atoms with van der Waals surface area (Å²) in [5.74, 6) is 4.67. The number of halogens is 1. The van der Waals surface area contributed by atoms with Crippen LogP contribution in [0.5, 0.6) is 0 Å². The molecule has 4 heteroatoms. The predicted molar refractivity (Wildman–Crippen MR) is 37.9 cm³/mol. The minimum absolute atomic E-state index is 0.0827. The highest BCUT2D eigenvalue weighted by molar-refractivity contribution is 4.75. The fourth-order valence-corrected chi connectivity index (χ4v) is 0.734. The molecule has 0 aromatic rings. The van der Waals surface area contributed by atoms with Crippen LogP contribution in [0.4, 0.5) is 4.39 Å². The summed E-state index contributed by atoms with van der Waals surface area (Å²) in [7, 11) is 0. The molecule has 10 heavy (non-hydrogen) atoms. The molecular formula is C6H15FN2O. The van der Waals surface area contributed by atoms with E-state index in [1.165, 1.54) is 0 Å². The lowest BCUT2D eigenvalue weighted by Gasteiger charge is -2.19. The summed E-state index contributed by atoms with van der Waals surface area (Å²) in [5, 5.41) is 0. The summed E-state index contributed by atoms with van der Waals surface area (Å²) in [4.78, 5) is 4.12. The van der Waals surface area contributed by atoms with E-state index in [0.29, 0.717) is 0 Å². The maximum Gasteiger partial charge on any atom is 0.127 e. The van der Waals surface area contributed by atoms with Crippen LogP contribution in [0.2, 0.25) is 0 Å². The zero-order valence-electron chi connectivity index (χ0n) is 6.43. The minimum Gasteiger partial charge on any atom is -0.325 e. The van der Waals surface area contributed by atoms with Gasteiger partial charge in [-0.25, -0.2) is 10.3 Å². The van der Waals surface area contributed by atoms with Crippen molar-refractivity contribution in [3.05, 3.63) is 0 Å². The van der Waals surface area contributed by atoms with Crippen molar-refractivity contribution < 1.29 is 9.23 Å². The molecule has 1 atom stereocenters. The van der Waals surface area contributed by atoms with Crippen molar-refractivity contribution in [2.75, 3.05) is 6.61 Å². The smallest absolute Gasteiger partial charge is 0.127 e. The Hall–Kier alpha value is -0.190. The Morgan fingerprint density at radius 1 is 1.60 bits per heavy atom. The first-order valence-corrected chi connectivity index (χ1v) is 3.20. The van der Waals surface area contributed by atoms with E-state index in [4.69, 9.17) is 5.73 Å².